The van der Waals surface area contributed by atoms with Gasteiger partial charge in [0.1, 0.15) is 17.8 Å². The van der Waals surface area contributed by atoms with Gasteiger partial charge in [-0.25, -0.2) is 4.98 Å². The maximum atomic E-state index is 12.0. The standard InChI is InChI=1S/C18H22N4O3/c1-2-24-18(23)13-7-6-10-22(11-13)16-15(19)17(21-12-20-16)25-14-8-4-3-5-9-14/h3-5,8-9,12-13H,2,6-7,10-11,19H2,1H3. The molecule has 1 aromatic heterocycles. The summed E-state index contributed by atoms with van der Waals surface area (Å²) >= 11 is 0. The van der Waals surface area contributed by atoms with Crippen molar-refractivity contribution in [2.24, 2.45) is 5.92 Å². The van der Waals surface area contributed by atoms with Gasteiger partial charge < -0.3 is 20.1 Å². The van der Waals surface area contributed by atoms with Crippen molar-refractivity contribution in [3.63, 3.8) is 0 Å². The normalized spacial score (nSPS) is 17.2. The topological polar surface area (TPSA) is 90.6 Å². The van der Waals surface area contributed by atoms with Crippen molar-refractivity contribution < 1.29 is 14.3 Å². The van der Waals surface area contributed by atoms with E-state index < -0.39 is 0 Å². The molecule has 1 unspecified atom stereocenters. The van der Waals surface area contributed by atoms with Crippen LogP contribution in [0.3, 0.4) is 0 Å². The summed E-state index contributed by atoms with van der Waals surface area (Å²) in [5.74, 6) is 1.23. The van der Waals surface area contributed by atoms with Crippen molar-refractivity contribution in [2.75, 3.05) is 30.3 Å². The highest BCUT2D eigenvalue weighted by Crippen LogP contribution is 2.33. The fraction of sp³-hybridized carbons (Fsp3) is 0.389. The van der Waals surface area contributed by atoms with Gasteiger partial charge in [-0.2, -0.15) is 4.98 Å². The number of esters is 1. The molecule has 7 nitrogen and oxygen atoms in total. The first-order chi connectivity index (χ1) is 12.2. The number of nitrogens with two attached hydrogens (primary N) is 1. The molecule has 0 bridgehead atoms. The molecule has 2 heterocycles. The Labute approximate surface area is 146 Å². The van der Waals surface area contributed by atoms with Crippen LogP contribution in [0.1, 0.15) is 19.8 Å². The van der Waals surface area contributed by atoms with E-state index in [2.05, 4.69) is 9.97 Å². The molecule has 25 heavy (non-hydrogen) atoms. The van der Waals surface area contributed by atoms with Gasteiger partial charge in [0.15, 0.2) is 5.82 Å². The summed E-state index contributed by atoms with van der Waals surface area (Å²) in [6, 6.07) is 9.33. The molecule has 132 valence electrons. The van der Waals surface area contributed by atoms with Gasteiger partial charge in [-0.05, 0) is 31.9 Å². The molecule has 0 saturated carbocycles. The number of anilines is 2. The van der Waals surface area contributed by atoms with Crippen molar-refractivity contribution >= 4 is 17.5 Å². The van der Waals surface area contributed by atoms with E-state index in [0.29, 0.717) is 36.3 Å². The number of carbonyl (C=O) groups is 1. The second-order valence-electron chi connectivity index (χ2n) is 5.87. The van der Waals surface area contributed by atoms with Gasteiger partial charge in [0, 0.05) is 13.1 Å². The van der Waals surface area contributed by atoms with E-state index in [1.165, 1.54) is 6.33 Å². The number of carbonyl (C=O) groups excluding carboxylic acids is 1. The summed E-state index contributed by atoms with van der Waals surface area (Å²) in [6.07, 6.45) is 3.12. The predicted molar refractivity (Wildman–Crippen MR) is 94.5 cm³/mol. The summed E-state index contributed by atoms with van der Waals surface area (Å²) in [7, 11) is 0. The molecule has 0 spiro atoms. The fourth-order valence-electron chi connectivity index (χ4n) is 2.93. The molecule has 0 radical (unpaired) electrons. The van der Waals surface area contributed by atoms with Crippen LogP contribution >= 0.6 is 0 Å². The van der Waals surface area contributed by atoms with Gasteiger partial charge in [0.2, 0.25) is 5.88 Å². The maximum absolute atomic E-state index is 12.0. The Hall–Kier alpha value is -2.83. The SMILES string of the molecule is CCOC(=O)C1CCCN(c2ncnc(Oc3ccccc3)c2N)C1. The van der Waals surface area contributed by atoms with E-state index in [4.69, 9.17) is 15.2 Å². The molecule has 3 rings (SSSR count). The molecule has 0 aliphatic carbocycles. The van der Waals surface area contributed by atoms with Crippen molar-refractivity contribution in [1.29, 1.82) is 0 Å². The Kier molecular flexibility index (Phi) is 5.33. The lowest BCUT2D eigenvalue weighted by Crippen LogP contribution is -2.40. The largest absolute Gasteiger partial charge is 0.466 e. The molecule has 1 fully saturated rings. The van der Waals surface area contributed by atoms with Gasteiger partial charge in [-0.1, -0.05) is 18.2 Å². The van der Waals surface area contributed by atoms with Crippen molar-refractivity contribution in [1.82, 2.24) is 9.97 Å². The predicted octanol–water partition coefficient (Wildman–Crippen LogP) is 2.63. The maximum Gasteiger partial charge on any atom is 0.310 e. The minimum Gasteiger partial charge on any atom is -0.466 e. The Morgan fingerprint density at radius 3 is 2.88 bits per heavy atom. The van der Waals surface area contributed by atoms with Crippen molar-refractivity contribution in [2.45, 2.75) is 19.8 Å². The van der Waals surface area contributed by atoms with E-state index in [1.807, 2.05) is 42.2 Å². The van der Waals surface area contributed by atoms with E-state index >= 15 is 0 Å². The first-order valence-corrected chi connectivity index (χ1v) is 8.44. The zero-order valence-corrected chi connectivity index (χ0v) is 14.2. The molecule has 0 amide bonds. The van der Waals surface area contributed by atoms with Gasteiger partial charge in [-0.15, -0.1) is 0 Å². The van der Waals surface area contributed by atoms with E-state index in [9.17, 15) is 4.79 Å². The first kappa shape index (κ1) is 17.0. The number of ether oxygens (including phenoxy) is 2. The molecule has 7 heteroatoms. The zero-order chi connectivity index (χ0) is 17.6. The minimum atomic E-state index is -0.166. The number of piperidine rings is 1. The Morgan fingerprint density at radius 2 is 2.12 bits per heavy atom. The fourth-order valence-corrected chi connectivity index (χ4v) is 2.93. The van der Waals surface area contributed by atoms with Crippen molar-refractivity contribution in [3.05, 3.63) is 36.7 Å². The molecule has 1 aliphatic heterocycles. The third-order valence-electron chi connectivity index (χ3n) is 4.12. The average molecular weight is 342 g/mol. The summed E-state index contributed by atoms with van der Waals surface area (Å²) in [5, 5.41) is 0. The van der Waals surface area contributed by atoms with E-state index in [0.717, 1.165) is 19.4 Å². The number of aromatic nitrogens is 2. The van der Waals surface area contributed by atoms with Crippen LogP contribution < -0.4 is 15.4 Å². The van der Waals surface area contributed by atoms with Crippen LogP contribution in [0, 0.1) is 5.92 Å². The summed E-state index contributed by atoms with van der Waals surface area (Å²) in [6.45, 7) is 3.51. The minimum absolute atomic E-state index is 0.165. The number of nitrogens with zero attached hydrogens (tertiary/aromatic N) is 3. The number of rotatable bonds is 5. The Morgan fingerprint density at radius 1 is 1.32 bits per heavy atom. The number of hydrogen-bond donors (Lipinski definition) is 1. The third kappa shape index (κ3) is 3.99. The number of nitrogen functional groups attached to an aromatic ring is 1. The third-order valence-corrected chi connectivity index (χ3v) is 4.12. The number of benzene rings is 1. The second-order valence-corrected chi connectivity index (χ2v) is 5.87. The van der Waals surface area contributed by atoms with Crippen LogP contribution in [-0.2, 0) is 9.53 Å². The summed E-state index contributed by atoms with van der Waals surface area (Å²) in [4.78, 5) is 22.5. The molecule has 1 aromatic carbocycles. The highest BCUT2D eigenvalue weighted by Gasteiger charge is 2.29. The second kappa shape index (κ2) is 7.83. The lowest BCUT2D eigenvalue weighted by molar-refractivity contribution is -0.148. The van der Waals surface area contributed by atoms with Crippen LogP contribution in [0.25, 0.3) is 0 Å². The van der Waals surface area contributed by atoms with Crippen LogP contribution in [0.2, 0.25) is 0 Å². The first-order valence-electron chi connectivity index (χ1n) is 8.44. The van der Waals surface area contributed by atoms with E-state index in [1.54, 1.807) is 0 Å². The van der Waals surface area contributed by atoms with Crippen molar-refractivity contribution in [3.8, 4) is 11.6 Å². The van der Waals surface area contributed by atoms with Gasteiger partial charge in [-0.3, -0.25) is 4.79 Å². The summed E-state index contributed by atoms with van der Waals surface area (Å²) in [5.41, 5.74) is 6.61. The number of para-hydroxylation sites is 1. The molecule has 1 saturated heterocycles. The molecule has 1 atom stereocenters. The smallest absolute Gasteiger partial charge is 0.310 e. The van der Waals surface area contributed by atoms with Gasteiger partial charge in [0.25, 0.3) is 0 Å². The van der Waals surface area contributed by atoms with Crippen LogP contribution in [-0.4, -0.2) is 35.6 Å². The van der Waals surface area contributed by atoms with Gasteiger partial charge >= 0.3 is 5.97 Å². The van der Waals surface area contributed by atoms with Gasteiger partial charge in [0.05, 0.1) is 12.5 Å². The molecular formula is C18H22N4O3. The highest BCUT2D eigenvalue weighted by atomic mass is 16.5. The average Bonchev–Trinajstić information content (AvgIpc) is 2.65. The van der Waals surface area contributed by atoms with E-state index in [-0.39, 0.29) is 11.9 Å². The zero-order valence-electron chi connectivity index (χ0n) is 14.2. The molecular weight excluding hydrogens is 320 g/mol. The van der Waals surface area contributed by atoms with Crippen LogP contribution in [0.4, 0.5) is 11.5 Å². The summed E-state index contributed by atoms with van der Waals surface area (Å²) < 4.78 is 10.9. The quantitative estimate of drug-likeness (QED) is 0.835. The lowest BCUT2D eigenvalue weighted by atomic mass is 9.98. The highest BCUT2D eigenvalue weighted by molar-refractivity contribution is 5.75. The lowest BCUT2D eigenvalue weighted by Gasteiger charge is -2.33. The molecule has 1 aliphatic rings. The van der Waals surface area contributed by atoms with Crippen LogP contribution in [0.15, 0.2) is 36.7 Å². The Bertz CT molecular complexity index is 724. The molecule has 2 N–H and O–H groups in total. The Balaban J connectivity index is 1.78. The molecule has 2 aromatic rings. The monoisotopic (exact) mass is 342 g/mol. The van der Waals surface area contributed by atoms with Crippen LogP contribution in [0.5, 0.6) is 11.6 Å². The number of hydrogen-bond acceptors (Lipinski definition) is 7.